The van der Waals surface area contributed by atoms with Gasteiger partial charge in [-0.25, -0.2) is 8.42 Å². The first kappa shape index (κ1) is 20.0. The van der Waals surface area contributed by atoms with Gasteiger partial charge in [0.1, 0.15) is 0 Å². The fourth-order valence-corrected chi connectivity index (χ4v) is 4.39. The van der Waals surface area contributed by atoms with Gasteiger partial charge >= 0.3 is 0 Å². The lowest BCUT2D eigenvalue weighted by atomic mass is 10.3. The summed E-state index contributed by atoms with van der Waals surface area (Å²) in [6, 6.07) is 4.84. The molecule has 1 aromatic rings. The Morgan fingerprint density at radius 1 is 1.04 bits per heavy atom. The van der Waals surface area contributed by atoms with E-state index in [1.807, 2.05) is 27.7 Å². The first-order valence-corrected chi connectivity index (χ1v) is 10.4. The normalized spacial score (nSPS) is 21.9. The number of hydrogen-bond donors (Lipinski definition) is 0. The monoisotopic (exact) mass is 371 g/mol. The highest BCUT2D eigenvalue weighted by atomic mass is 32.2. The summed E-state index contributed by atoms with van der Waals surface area (Å²) in [6.45, 7) is 9.57. The van der Waals surface area contributed by atoms with Crippen molar-refractivity contribution in [2.75, 3.05) is 26.3 Å². The number of ether oxygens (including phenoxy) is 3. The summed E-state index contributed by atoms with van der Waals surface area (Å²) < 4.78 is 44.5. The fourth-order valence-electron chi connectivity index (χ4n) is 2.78. The van der Waals surface area contributed by atoms with Crippen LogP contribution < -0.4 is 9.47 Å². The lowest BCUT2D eigenvalue weighted by Gasteiger charge is -2.34. The molecule has 6 nitrogen and oxygen atoms in total. The summed E-state index contributed by atoms with van der Waals surface area (Å²) in [5, 5.41) is 0. The van der Waals surface area contributed by atoms with E-state index in [0.717, 1.165) is 12.8 Å². The predicted molar refractivity (Wildman–Crippen MR) is 96.8 cm³/mol. The van der Waals surface area contributed by atoms with Crippen LogP contribution in [0.3, 0.4) is 0 Å². The molecule has 1 aliphatic rings. The van der Waals surface area contributed by atoms with Gasteiger partial charge in [-0.3, -0.25) is 0 Å². The van der Waals surface area contributed by atoms with E-state index in [-0.39, 0.29) is 17.1 Å². The third-order valence-electron chi connectivity index (χ3n) is 3.86. The standard InChI is InChI=1S/C18H29NO5S/c1-5-9-22-17-8-7-16(11-18(17)23-10-6-2)25(20,21)19-12-14(3)24-15(4)13-19/h7-8,11,14-15H,5-6,9-10,12-13H2,1-4H3/t14-,15-/m1/s1. The van der Waals surface area contributed by atoms with Crippen molar-refractivity contribution in [1.29, 1.82) is 0 Å². The van der Waals surface area contributed by atoms with Crippen molar-refractivity contribution >= 4 is 10.0 Å². The van der Waals surface area contributed by atoms with Crippen LogP contribution >= 0.6 is 0 Å². The highest BCUT2D eigenvalue weighted by Crippen LogP contribution is 2.32. The molecule has 0 unspecified atom stereocenters. The molecule has 1 fully saturated rings. The maximum absolute atomic E-state index is 13.0. The zero-order chi connectivity index (χ0) is 18.4. The third kappa shape index (κ3) is 5.09. The Bertz CT molecular complexity index is 651. The van der Waals surface area contributed by atoms with Crippen LogP contribution in [0.25, 0.3) is 0 Å². The molecule has 0 aliphatic carbocycles. The molecular formula is C18H29NO5S. The molecule has 2 rings (SSSR count). The smallest absolute Gasteiger partial charge is 0.243 e. The molecule has 142 valence electrons. The van der Waals surface area contributed by atoms with Crippen LogP contribution in [0.4, 0.5) is 0 Å². The largest absolute Gasteiger partial charge is 0.490 e. The Morgan fingerprint density at radius 2 is 1.60 bits per heavy atom. The highest BCUT2D eigenvalue weighted by molar-refractivity contribution is 7.89. The number of morpholine rings is 1. The van der Waals surface area contributed by atoms with E-state index in [1.54, 1.807) is 18.2 Å². The molecule has 25 heavy (non-hydrogen) atoms. The Balaban J connectivity index is 2.30. The van der Waals surface area contributed by atoms with Gasteiger partial charge in [0.05, 0.1) is 30.3 Å². The molecule has 0 saturated carbocycles. The Hall–Kier alpha value is -1.31. The molecule has 0 bridgehead atoms. The molecule has 7 heteroatoms. The second kappa shape index (κ2) is 8.87. The lowest BCUT2D eigenvalue weighted by Crippen LogP contribution is -2.48. The molecule has 1 saturated heterocycles. The summed E-state index contributed by atoms with van der Waals surface area (Å²) >= 11 is 0. The Labute approximate surface area is 151 Å². The maximum Gasteiger partial charge on any atom is 0.243 e. The van der Waals surface area contributed by atoms with Gasteiger partial charge in [-0.15, -0.1) is 0 Å². The van der Waals surface area contributed by atoms with Crippen LogP contribution in [0.5, 0.6) is 11.5 Å². The molecule has 0 N–H and O–H groups in total. The average Bonchev–Trinajstić information content (AvgIpc) is 2.57. The number of sulfonamides is 1. The fraction of sp³-hybridized carbons (Fsp3) is 0.667. The lowest BCUT2D eigenvalue weighted by molar-refractivity contribution is -0.0440. The molecule has 2 atom stereocenters. The van der Waals surface area contributed by atoms with E-state index in [4.69, 9.17) is 14.2 Å². The first-order valence-electron chi connectivity index (χ1n) is 8.93. The van der Waals surface area contributed by atoms with Gasteiger partial charge in [0.2, 0.25) is 10.0 Å². The van der Waals surface area contributed by atoms with Gasteiger partial charge in [0.25, 0.3) is 0 Å². The summed E-state index contributed by atoms with van der Waals surface area (Å²) in [4.78, 5) is 0.226. The molecule has 1 heterocycles. The average molecular weight is 371 g/mol. The molecule has 0 aromatic heterocycles. The van der Waals surface area contributed by atoms with E-state index in [1.165, 1.54) is 4.31 Å². The predicted octanol–water partition coefficient (Wildman–Crippen LogP) is 3.06. The second-order valence-corrected chi connectivity index (χ2v) is 8.32. The van der Waals surface area contributed by atoms with Crippen molar-refractivity contribution in [3.8, 4) is 11.5 Å². The molecule has 0 spiro atoms. The maximum atomic E-state index is 13.0. The molecule has 1 aliphatic heterocycles. The molecular weight excluding hydrogens is 342 g/mol. The number of benzene rings is 1. The van der Waals surface area contributed by atoms with Crippen molar-refractivity contribution < 1.29 is 22.6 Å². The van der Waals surface area contributed by atoms with Gasteiger partial charge in [0, 0.05) is 19.2 Å². The van der Waals surface area contributed by atoms with E-state index >= 15 is 0 Å². The SMILES string of the molecule is CCCOc1ccc(S(=O)(=O)N2C[C@@H](C)O[C@H](C)C2)cc1OCCC. The Kier molecular flexibility index (Phi) is 7.10. The van der Waals surface area contributed by atoms with Crippen LogP contribution in [-0.4, -0.2) is 51.2 Å². The second-order valence-electron chi connectivity index (χ2n) is 6.38. The van der Waals surface area contributed by atoms with Crippen molar-refractivity contribution in [1.82, 2.24) is 4.31 Å². The zero-order valence-electron chi connectivity index (χ0n) is 15.5. The first-order chi connectivity index (χ1) is 11.9. The summed E-state index contributed by atoms with van der Waals surface area (Å²) in [7, 11) is -3.59. The number of rotatable bonds is 8. The summed E-state index contributed by atoms with van der Waals surface area (Å²) in [5.74, 6) is 1.06. The topological polar surface area (TPSA) is 65.1 Å². The summed E-state index contributed by atoms with van der Waals surface area (Å²) in [5.41, 5.74) is 0. The molecule has 0 amide bonds. The van der Waals surface area contributed by atoms with E-state index in [2.05, 4.69) is 0 Å². The van der Waals surface area contributed by atoms with E-state index in [9.17, 15) is 8.42 Å². The number of hydrogen-bond acceptors (Lipinski definition) is 5. The van der Waals surface area contributed by atoms with Crippen molar-refractivity contribution in [2.45, 2.75) is 57.6 Å². The minimum Gasteiger partial charge on any atom is -0.490 e. The highest BCUT2D eigenvalue weighted by Gasteiger charge is 2.32. The van der Waals surface area contributed by atoms with Crippen molar-refractivity contribution in [2.24, 2.45) is 0 Å². The van der Waals surface area contributed by atoms with Crippen LogP contribution in [0.15, 0.2) is 23.1 Å². The van der Waals surface area contributed by atoms with E-state index in [0.29, 0.717) is 37.8 Å². The zero-order valence-corrected chi connectivity index (χ0v) is 16.3. The Morgan fingerprint density at radius 3 is 2.16 bits per heavy atom. The van der Waals surface area contributed by atoms with Gasteiger partial charge in [-0.05, 0) is 38.8 Å². The van der Waals surface area contributed by atoms with E-state index < -0.39 is 10.0 Å². The molecule has 1 aromatic carbocycles. The molecule has 0 radical (unpaired) electrons. The van der Waals surface area contributed by atoms with Crippen LogP contribution in [0.2, 0.25) is 0 Å². The van der Waals surface area contributed by atoms with Crippen LogP contribution in [-0.2, 0) is 14.8 Å². The van der Waals surface area contributed by atoms with Gasteiger partial charge in [-0.2, -0.15) is 4.31 Å². The summed E-state index contributed by atoms with van der Waals surface area (Å²) in [6.07, 6.45) is 1.46. The number of nitrogens with zero attached hydrogens (tertiary/aromatic N) is 1. The van der Waals surface area contributed by atoms with Gasteiger partial charge in [-0.1, -0.05) is 13.8 Å². The minimum absolute atomic E-state index is 0.124. The van der Waals surface area contributed by atoms with Crippen LogP contribution in [0.1, 0.15) is 40.5 Å². The van der Waals surface area contributed by atoms with Crippen molar-refractivity contribution in [3.05, 3.63) is 18.2 Å². The van der Waals surface area contributed by atoms with Gasteiger partial charge < -0.3 is 14.2 Å². The van der Waals surface area contributed by atoms with Crippen LogP contribution in [0, 0.1) is 0 Å². The quantitative estimate of drug-likeness (QED) is 0.703. The van der Waals surface area contributed by atoms with Crippen molar-refractivity contribution in [3.63, 3.8) is 0 Å². The third-order valence-corrected chi connectivity index (χ3v) is 5.69. The van der Waals surface area contributed by atoms with Gasteiger partial charge in [0.15, 0.2) is 11.5 Å². The minimum atomic E-state index is -3.59.